The molecule has 0 aromatic carbocycles. The minimum atomic E-state index is -4.52. The van der Waals surface area contributed by atoms with E-state index in [0.717, 1.165) is 12.3 Å². The molecule has 0 saturated heterocycles. The first-order chi connectivity index (χ1) is 13.8. The van der Waals surface area contributed by atoms with Gasteiger partial charge in [0.25, 0.3) is 5.95 Å². The Labute approximate surface area is 162 Å². The Kier molecular flexibility index (Phi) is 4.60. The molecule has 0 radical (unpaired) electrons. The second-order valence-corrected chi connectivity index (χ2v) is 6.35. The first-order valence-electron chi connectivity index (χ1n) is 8.66. The van der Waals surface area contributed by atoms with Crippen LogP contribution in [0.2, 0.25) is 0 Å². The Morgan fingerprint density at radius 1 is 1.21 bits per heavy atom. The smallest absolute Gasteiger partial charge is 0.328 e. The van der Waals surface area contributed by atoms with Crippen LogP contribution in [0.15, 0.2) is 37.1 Å². The quantitative estimate of drug-likeness (QED) is 0.719. The fraction of sp³-hybridized carbons (Fsp3) is 0.294. The van der Waals surface area contributed by atoms with Crippen LogP contribution in [0.3, 0.4) is 0 Å². The standard InChI is InChI=1S/C17H15F3N8O/c1-10(14-24-9-25-28(14)15-21-4-2-5-22-15)26-16(29)27-6-3-11-7-13(17(18,19)20)23-8-12(11)27/h2,4-5,7-10H,3,6H2,1H3,(H,26,29). The summed E-state index contributed by atoms with van der Waals surface area (Å²) < 4.78 is 39.9. The molecule has 3 aromatic heterocycles. The van der Waals surface area contributed by atoms with Crippen LogP contribution in [0.5, 0.6) is 0 Å². The summed E-state index contributed by atoms with van der Waals surface area (Å²) in [6, 6.07) is 1.62. The van der Waals surface area contributed by atoms with Gasteiger partial charge in [0.05, 0.1) is 17.9 Å². The predicted octanol–water partition coefficient (Wildman–Crippen LogP) is 2.30. The van der Waals surface area contributed by atoms with E-state index in [9.17, 15) is 18.0 Å². The molecule has 1 atom stereocenters. The van der Waals surface area contributed by atoms with Crippen molar-refractivity contribution in [1.82, 2.24) is 35.0 Å². The fourth-order valence-electron chi connectivity index (χ4n) is 3.08. The molecule has 0 bridgehead atoms. The molecule has 1 aliphatic heterocycles. The van der Waals surface area contributed by atoms with Crippen LogP contribution in [-0.2, 0) is 12.6 Å². The molecule has 0 aliphatic carbocycles. The normalized spacial score (nSPS) is 14.6. The molecule has 4 rings (SSSR count). The summed E-state index contributed by atoms with van der Waals surface area (Å²) in [5.41, 5.74) is -0.186. The number of carbonyl (C=O) groups excluding carboxylic acids is 1. The van der Waals surface area contributed by atoms with Crippen molar-refractivity contribution in [2.24, 2.45) is 0 Å². The minimum Gasteiger partial charge on any atom is -0.328 e. The first kappa shape index (κ1) is 18.8. The van der Waals surface area contributed by atoms with Crippen molar-refractivity contribution in [1.29, 1.82) is 0 Å². The third-order valence-corrected chi connectivity index (χ3v) is 4.44. The molecule has 150 valence electrons. The van der Waals surface area contributed by atoms with Gasteiger partial charge in [-0.05, 0) is 31.0 Å². The lowest BCUT2D eigenvalue weighted by Crippen LogP contribution is -2.40. The lowest BCUT2D eigenvalue weighted by Gasteiger charge is -2.21. The van der Waals surface area contributed by atoms with Gasteiger partial charge >= 0.3 is 12.2 Å². The van der Waals surface area contributed by atoms with E-state index in [0.29, 0.717) is 29.4 Å². The number of nitrogens with one attached hydrogen (secondary N) is 1. The Hall–Kier alpha value is -3.57. The lowest BCUT2D eigenvalue weighted by atomic mass is 10.2. The number of pyridine rings is 1. The number of alkyl halides is 3. The van der Waals surface area contributed by atoms with Gasteiger partial charge in [0, 0.05) is 18.9 Å². The summed E-state index contributed by atoms with van der Waals surface area (Å²) in [4.78, 5) is 29.9. The summed E-state index contributed by atoms with van der Waals surface area (Å²) >= 11 is 0. The van der Waals surface area contributed by atoms with Gasteiger partial charge in [-0.15, -0.1) is 0 Å². The van der Waals surface area contributed by atoms with Gasteiger partial charge in [-0.25, -0.2) is 24.7 Å². The van der Waals surface area contributed by atoms with Crippen molar-refractivity contribution < 1.29 is 18.0 Å². The number of urea groups is 1. The highest BCUT2D eigenvalue weighted by Crippen LogP contribution is 2.34. The van der Waals surface area contributed by atoms with Crippen molar-refractivity contribution >= 4 is 11.7 Å². The Balaban J connectivity index is 1.52. The number of nitrogens with zero attached hydrogens (tertiary/aromatic N) is 7. The van der Waals surface area contributed by atoms with Gasteiger partial charge in [-0.3, -0.25) is 4.90 Å². The maximum atomic E-state index is 12.8. The third kappa shape index (κ3) is 3.60. The number of rotatable bonds is 3. The zero-order valence-corrected chi connectivity index (χ0v) is 15.1. The van der Waals surface area contributed by atoms with E-state index in [-0.39, 0.29) is 6.54 Å². The lowest BCUT2D eigenvalue weighted by molar-refractivity contribution is -0.141. The van der Waals surface area contributed by atoms with Gasteiger partial charge in [0.15, 0.2) is 5.82 Å². The summed E-state index contributed by atoms with van der Waals surface area (Å²) in [5, 5.41) is 6.86. The summed E-state index contributed by atoms with van der Waals surface area (Å²) in [6.45, 7) is 1.97. The highest BCUT2D eigenvalue weighted by Gasteiger charge is 2.35. The molecule has 1 N–H and O–H groups in total. The molecule has 12 heteroatoms. The highest BCUT2D eigenvalue weighted by molar-refractivity contribution is 5.94. The van der Waals surface area contributed by atoms with Gasteiger partial charge in [-0.2, -0.15) is 23.0 Å². The van der Waals surface area contributed by atoms with Crippen molar-refractivity contribution in [2.75, 3.05) is 11.4 Å². The number of carbonyl (C=O) groups is 1. The van der Waals surface area contributed by atoms with E-state index in [2.05, 4.69) is 30.4 Å². The summed E-state index contributed by atoms with van der Waals surface area (Å²) in [6.07, 6.45) is 1.30. The molecular formula is C17H15F3N8O. The van der Waals surface area contributed by atoms with Crippen molar-refractivity contribution in [3.63, 3.8) is 0 Å². The van der Waals surface area contributed by atoms with Gasteiger partial charge in [-0.1, -0.05) is 0 Å². The van der Waals surface area contributed by atoms with Crippen molar-refractivity contribution in [3.8, 4) is 5.95 Å². The molecule has 2 amide bonds. The average molecular weight is 404 g/mol. The molecule has 1 unspecified atom stereocenters. The van der Waals surface area contributed by atoms with E-state index in [1.165, 1.54) is 15.9 Å². The van der Waals surface area contributed by atoms with Gasteiger partial charge < -0.3 is 5.32 Å². The molecule has 0 fully saturated rings. The SMILES string of the molecule is CC(NC(=O)N1CCc2cc(C(F)(F)F)ncc21)c1ncnn1-c1ncccn1. The molecule has 4 heterocycles. The van der Waals surface area contributed by atoms with Crippen LogP contribution in [0.4, 0.5) is 23.7 Å². The van der Waals surface area contributed by atoms with E-state index in [1.807, 2.05) is 0 Å². The van der Waals surface area contributed by atoms with E-state index in [4.69, 9.17) is 0 Å². The maximum absolute atomic E-state index is 12.8. The Bertz CT molecular complexity index is 1040. The van der Waals surface area contributed by atoms with Gasteiger partial charge in [0.1, 0.15) is 12.0 Å². The van der Waals surface area contributed by atoms with Crippen LogP contribution in [0, 0.1) is 0 Å². The van der Waals surface area contributed by atoms with Crippen LogP contribution in [0.25, 0.3) is 5.95 Å². The van der Waals surface area contributed by atoms with E-state index >= 15 is 0 Å². The number of fused-ring (bicyclic) bond motifs is 1. The molecule has 9 nitrogen and oxygen atoms in total. The van der Waals surface area contributed by atoms with E-state index in [1.54, 1.807) is 25.4 Å². The predicted molar refractivity (Wildman–Crippen MR) is 94.2 cm³/mol. The van der Waals surface area contributed by atoms with Crippen molar-refractivity contribution in [3.05, 3.63) is 54.1 Å². The van der Waals surface area contributed by atoms with Crippen LogP contribution in [-0.4, -0.2) is 42.3 Å². The first-order valence-corrected chi connectivity index (χ1v) is 8.66. The largest absolute Gasteiger partial charge is 0.433 e. The number of amides is 2. The molecule has 0 saturated carbocycles. The Morgan fingerprint density at radius 3 is 2.69 bits per heavy atom. The van der Waals surface area contributed by atoms with Crippen LogP contribution < -0.4 is 10.2 Å². The summed E-state index contributed by atoms with van der Waals surface area (Å²) in [5.74, 6) is 0.714. The zero-order chi connectivity index (χ0) is 20.6. The third-order valence-electron chi connectivity index (χ3n) is 4.44. The average Bonchev–Trinajstić information content (AvgIpc) is 3.34. The van der Waals surface area contributed by atoms with E-state index < -0.39 is 23.9 Å². The van der Waals surface area contributed by atoms with Crippen LogP contribution >= 0.6 is 0 Å². The number of halogens is 3. The van der Waals surface area contributed by atoms with Crippen LogP contribution in [0.1, 0.15) is 30.0 Å². The zero-order valence-electron chi connectivity index (χ0n) is 15.1. The fourth-order valence-corrected chi connectivity index (χ4v) is 3.08. The minimum absolute atomic E-state index is 0.255. The number of anilines is 1. The maximum Gasteiger partial charge on any atom is 0.433 e. The van der Waals surface area contributed by atoms with Gasteiger partial charge in [0.2, 0.25) is 0 Å². The number of hydrogen-bond donors (Lipinski definition) is 1. The second-order valence-electron chi connectivity index (χ2n) is 6.35. The molecule has 29 heavy (non-hydrogen) atoms. The number of aromatic nitrogens is 6. The second kappa shape index (κ2) is 7.11. The topological polar surface area (TPSA) is 102 Å². The highest BCUT2D eigenvalue weighted by atomic mass is 19.4. The molecule has 1 aliphatic rings. The molecule has 0 spiro atoms. The Morgan fingerprint density at radius 2 is 1.97 bits per heavy atom. The number of hydrogen-bond acceptors (Lipinski definition) is 6. The molecule has 3 aromatic rings. The molecular weight excluding hydrogens is 389 g/mol. The summed E-state index contributed by atoms with van der Waals surface area (Å²) in [7, 11) is 0. The van der Waals surface area contributed by atoms with Crippen molar-refractivity contribution in [2.45, 2.75) is 25.6 Å². The monoisotopic (exact) mass is 404 g/mol.